The summed E-state index contributed by atoms with van der Waals surface area (Å²) < 4.78 is 5.49. The topological polar surface area (TPSA) is 30.2 Å². The molecule has 0 aliphatic carbocycles. The van der Waals surface area contributed by atoms with Gasteiger partial charge in [0, 0.05) is 0 Å². The Morgan fingerprint density at radius 2 is 2.06 bits per heavy atom. The van der Waals surface area contributed by atoms with Gasteiger partial charge in [0.25, 0.3) is 0 Å². The summed E-state index contributed by atoms with van der Waals surface area (Å²) >= 11 is 0. The van der Waals surface area contributed by atoms with Crippen molar-refractivity contribution >= 4 is 23.6 Å². The van der Waals surface area contributed by atoms with Crippen molar-refractivity contribution in [3.63, 3.8) is 0 Å². The van der Waals surface area contributed by atoms with Crippen molar-refractivity contribution < 1.29 is 4.42 Å². The van der Waals surface area contributed by atoms with Crippen LogP contribution >= 0.6 is 0 Å². The van der Waals surface area contributed by atoms with Crippen molar-refractivity contribution in [1.29, 1.82) is 0 Å². The van der Waals surface area contributed by atoms with E-state index >= 15 is 0 Å². The summed E-state index contributed by atoms with van der Waals surface area (Å²) in [7, 11) is 0. The molecule has 0 aliphatic rings. The van der Waals surface area contributed by atoms with Crippen LogP contribution in [0.5, 0.6) is 0 Å². The van der Waals surface area contributed by atoms with Crippen LogP contribution in [-0.2, 0) is 0 Å². The summed E-state index contributed by atoms with van der Waals surface area (Å²) in [5.41, 5.74) is 0.946. The predicted molar refractivity (Wildman–Crippen MR) is 66.5 cm³/mol. The first kappa shape index (κ1) is 10.4. The molecule has 1 aromatic carbocycles. The summed E-state index contributed by atoms with van der Waals surface area (Å²) in [6, 6.07) is 7.18. The number of para-hydroxylation sites is 1. The molecule has 0 amide bonds. The van der Waals surface area contributed by atoms with Crippen LogP contribution in [0.15, 0.2) is 45.6 Å². The minimum absolute atomic E-state index is 0.0371. The normalized spacial score (nSPS) is 12.7. The Bertz CT molecular complexity index is 706. The Hall–Kier alpha value is -2.09. The first-order valence-corrected chi connectivity index (χ1v) is 5.08. The molecular weight excluding hydrogens is 200 g/mol. The van der Waals surface area contributed by atoms with E-state index in [1.54, 1.807) is 24.3 Å². The van der Waals surface area contributed by atoms with Crippen LogP contribution in [0, 0.1) is 0 Å². The van der Waals surface area contributed by atoms with Crippen molar-refractivity contribution in [2.45, 2.75) is 6.92 Å². The molecule has 2 aromatic rings. The smallest absolute Gasteiger partial charge is 0.200 e. The van der Waals surface area contributed by atoms with Crippen LogP contribution in [-0.4, -0.2) is 0 Å². The van der Waals surface area contributed by atoms with E-state index in [-0.39, 0.29) is 5.43 Å². The SMILES string of the molecule is C=c1oc2ccccc2c(=O)/c1=C/C=C\C. The third-order valence-electron chi connectivity index (χ3n) is 2.37. The van der Waals surface area contributed by atoms with Crippen LogP contribution < -0.4 is 16.1 Å². The number of fused-ring (bicyclic) bond motifs is 1. The van der Waals surface area contributed by atoms with Gasteiger partial charge in [-0.05, 0) is 25.1 Å². The molecule has 0 aliphatic heterocycles. The lowest BCUT2D eigenvalue weighted by molar-refractivity contribution is 0.561. The first-order chi connectivity index (χ1) is 7.74. The van der Waals surface area contributed by atoms with E-state index in [1.807, 2.05) is 25.1 Å². The second-order valence-corrected chi connectivity index (χ2v) is 3.46. The Morgan fingerprint density at radius 1 is 1.31 bits per heavy atom. The van der Waals surface area contributed by atoms with Gasteiger partial charge in [0.15, 0.2) is 5.43 Å². The van der Waals surface area contributed by atoms with Crippen LogP contribution in [0.25, 0.3) is 23.6 Å². The van der Waals surface area contributed by atoms with Gasteiger partial charge in [-0.2, -0.15) is 0 Å². The summed E-state index contributed by atoms with van der Waals surface area (Å²) in [5.74, 6) is 0. The number of allylic oxidation sites excluding steroid dienone is 2. The van der Waals surface area contributed by atoms with E-state index in [0.717, 1.165) is 0 Å². The highest BCUT2D eigenvalue weighted by molar-refractivity contribution is 5.76. The van der Waals surface area contributed by atoms with Gasteiger partial charge < -0.3 is 4.42 Å². The van der Waals surface area contributed by atoms with E-state index in [0.29, 0.717) is 21.6 Å². The highest BCUT2D eigenvalue weighted by atomic mass is 16.3. The molecule has 2 rings (SSSR count). The Labute approximate surface area is 92.8 Å². The molecule has 0 saturated carbocycles. The maximum absolute atomic E-state index is 12.1. The summed E-state index contributed by atoms with van der Waals surface area (Å²) in [6.45, 7) is 5.64. The third kappa shape index (κ3) is 1.70. The fourth-order valence-corrected chi connectivity index (χ4v) is 1.56. The molecule has 0 bridgehead atoms. The lowest BCUT2D eigenvalue weighted by Crippen LogP contribution is -2.37. The average molecular weight is 212 g/mol. The molecule has 0 spiro atoms. The summed E-state index contributed by atoms with van der Waals surface area (Å²) in [4.78, 5) is 12.1. The Morgan fingerprint density at radius 3 is 2.81 bits per heavy atom. The van der Waals surface area contributed by atoms with Crippen molar-refractivity contribution in [3.05, 3.63) is 57.3 Å². The second-order valence-electron chi connectivity index (χ2n) is 3.46. The molecule has 2 heteroatoms. The predicted octanol–water partition coefficient (Wildman–Crippen LogP) is 1.56. The highest BCUT2D eigenvalue weighted by Gasteiger charge is 2.01. The number of rotatable bonds is 1. The average Bonchev–Trinajstić information content (AvgIpc) is 2.29. The first-order valence-electron chi connectivity index (χ1n) is 5.08. The largest absolute Gasteiger partial charge is 0.456 e. The molecule has 0 unspecified atom stereocenters. The molecule has 0 atom stereocenters. The van der Waals surface area contributed by atoms with E-state index in [9.17, 15) is 4.79 Å². The van der Waals surface area contributed by atoms with E-state index in [4.69, 9.17) is 4.42 Å². The van der Waals surface area contributed by atoms with E-state index in [2.05, 4.69) is 6.58 Å². The van der Waals surface area contributed by atoms with E-state index < -0.39 is 0 Å². The lowest BCUT2D eigenvalue weighted by Gasteiger charge is -1.95. The van der Waals surface area contributed by atoms with Crippen LogP contribution in [0.4, 0.5) is 0 Å². The molecule has 2 nitrogen and oxygen atoms in total. The molecule has 1 heterocycles. The molecule has 80 valence electrons. The third-order valence-corrected chi connectivity index (χ3v) is 2.37. The van der Waals surface area contributed by atoms with Crippen molar-refractivity contribution in [2.24, 2.45) is 0 Å². The molecule has 0 N–H and O–H groups in total. The van der Waals surface area contributed by atoms with Crippen molar-refractivity contribution in [3.8, 4) is 0 Å². The van der Waals surface area contributed by atoms with Gasteiger partial charge in [0.05, 0.1) is 10.6 Å². The Kier molecular flexibility index (Phi) is 2.73. The van der Waals surface area contributed by atoms with Gasteiger partial charge in [-0.1, -0.05) is 30.9 Å². The number of benzene rings is 1. The molecule has 0 saturated heterocycles. The van der Waals surface area contributed by atoms with Crippen LogP contribution in [0.2, 0.25) is 0 Å². The van der Waals surface area contributed by atoms with Gasteiger partial charge in [-0.15, -0.1) is 0 Å². The second kappa shape index (κ2) is 4.19. The minimum atomic E-state index is -0.0371. The van der Waals surface area contributed by atoms with Gasteiger partial charge in [-0.3, -0.25) is 4.79 Å². The van der Waals surface area contributed by atoms with Gasteiger partial charge in [-0.25, -0.2) is 0 Å². The highest BCUT2D eigenvalue weighted by Crippen LogP contribution is 2.04. The fourth-order valence-electron chi connectivity index (χ4n) is 1.56. The van der Waals surface area contributed by atoms with Crippen LogP contribution in [0.3, 0.4) is 0 Å². The molecule has 0 radical (unpaired) electrons. The van der Waals surface area contributed by atoms with Gasteiger partial charge >= 0.3 is 0 Å². The zero-order valence-corrected chi connectivity index (χ0v) is 9.07. The molecular formula is C14H12O2. The van der Waals surface area contributed by atoms with Crippen molar-refractivity contribution in [2.75, 3.05) is 0 Å². The zero-order valence-electron chi connectivity index (χ0n) is 9.07. The summed E-state index contributed by atoms with van der Waals surface area (Å²) in [6.07, 6.45) is 5.38. The van der Waals surface area contributed by atoms with E-state index in [1.165, 1.54) is 0 Å². The maximum Gasteiger partial charge on any atom is 0.200 e. The van der Waals surface area contributed by atoms with Crippen LogP contribution in [0.1, 0.15) is 6.92 Å². The monoisotopic (exact) mass is 212 g/mol. The molecule has 0 fully saturated rings. The molecule has 16 heavy (non-hydrogen) atoms. The number of hydrogen-bond acceptors (Lipinski definition) is 2. The molecule has 1 aromatic heterocycles. The minimum Gasteiger partial charge on any atom is -0.456 e. The standard InChI is InChI=1S/C14H12O2/c1-3-4-7-11-10(2)16-13-9-6-5-8-12(13)14(11)15/h3-9H,2H2,1H3/b4-3-,11-7+. The van der Waals surface area contributed by atoms with Gasteiger partial charge in [0.1, 0.15) is 11.0 Å². The van der Waals surface area contributed by atoms with Gasteiger partial charge in [0.2, 0.25) is 0 Å². The zero-order chi connectivity index (χ0) is 11.5. The quantitative estimate of drug-likeness (QED) is 0.718. The fraction of sp³-hybridized carbons (Fsp3) is 0.0714. The maximum atomic E-state index is 12.1. The summed E-state index contributed by atoms with van der Waals surface area (Å²) in [5, 5.41) is 1.10. The van der Waals surface area contributed by atoms with Crippen molar-refractivity contribution in [1.82, 2.24) is 0 Å². The Balaban J connectivity index is 2.98. The number of hydrogen-bond donors (Lipinski definition) is 0. The lowest BCUT2D eigenvalue weighted by atomic mass is 10.2.